The molecule has 9 heteroatoms. The van der Waals surface area contributed by atoms with Crippen LogP contribution in [0.15, 0.2) is 41.4 Å². The van der Waals surface area contributed by atoms with Crippen molar-refractivity contribution in [3.05, 3.63) is 42.0 Å². The molecule has 7 nitrogen and oxygen atoms in total. The van der Waals surface area contributed by atoms with Crippen LogP contribution in [-0.4, -0.2) is 94.1 Å². The van der Waals surface area contributed by atoms with Crippen molar-refractivity contribution in [3.63, 3.8) is 0 Å². The highest BCUT2D eigenvalue weighted by Crippen LogP contribution is 2.05. The van der Waals surface area contributed by atoms with Gasteiger partial charge in [-0.1, -0.05) is 42.5 Å². The Hall–Kier alpha value is -1.17. The summed E-state index contributed by atoms with van der Waals surface area (Å²) in [5, 5.41) is 3.37. The number of halogens is 1. The van der Waals surface area contributed by atoms with Crippen molar-refractivity contribution in [2.75, 3.05) is 65.7 Å². The van der Waals surface area contributed by atoms with Crippen LogP contribution in [0.5, 0.6) is 0 Å². The molecule has 1 aromatic rings. The molecule has 1 aliphatic heterocycles. The number of aliphatic imine (C=N–C) groups is 1. The first-order valence-corrected chi connectivity index (χ1v) is 11.9. The van der Waals surface area contributed by atoms with E-state index >= 15 is 0 Å². The van der Waals surface area contributed by atoms with Crippen molar-refractivity contribution in [1.82, 2.24) is 19.4 Å². The van der Waals surface area contributed by atoms with Gasteiger partial charge in [0.05, 0.1) is 5.75 Å². The highest BCUT2D eigenvalue weighted by Gasteiger charge is 2.19. The minimum absolute atomic E-state index is 0. The van der Waals surface area contributed by atoms with Gasteiger partial charge in [0, 0.05) is 59.9 Å². The number of benzene rings is 1. The molecule has 170 valence electrons. The highest BCUT2D eigenvalue weighted by atomic mass is 127. The summed E-state index contributed by atoms with van der Waals surface area (Å²) in [7, 11) is 0.332. The molecule has 2 rings (SSSR count). The Kier molecular flexibility index (Phi) is 12.5. The highest BCUT2D eigenvalue weighted by molar-refractivity contribution is 14.0. The second-order valence-electron chi connectivity index (χ2n) is 7.15. The maximum atomic E-state index is 11.8. The largest absolute Gasteiger partial charge is 0.356 e. The van der Waals surface area contributed by atoms with Crippen molar-refractivity contribution in [3.8, 4) is 0 Å². The number of piperazine rings is 1. The number of nitrogens with zero attached hydrogens (tertiary/aromatic N) is 4. The zero-order chi connectivity index (χ0) is 21.1. The molecular formula is C21H36IN5O2S. The quantitative estimate of drug-likeness (QED) is 0.222. The third-order valence-electron chi connectivity index (χ3n) is 5.13. The Bertz CT molecular complexity index is 763. The van der Waals surface area contributed by atoms with Crippen LogP contribution in [0.2, 0.25) is 0 Å². The molecule has 30 heavy (non-hydrogen) atoms. The summed E-state index contributed by atoms with van der Waals surface area (Å²) in [5.74, 6) is 1.04. The van der Waals surface area contributed by atoms with E-state index in [1.54, 1.807) is 21.0 Å². The van der Waals surface area contributed by atoms with Gasteiger partial charge in [0.1, 0.15) is 0 Å². The molecule has 1 saturated heterocycles. The fraction of sp³-hybridized carbons (Fsp3) is 0.571. The van der Waals surface area contributed by atoms with Gasteiger partial charge in [0.25, 0.3) is 0 Å². The van der Waals surface area contributed by atoms with Gasteiger partial charge < -0.3 is 10.2 Å². The molecule has 1 fully saturated rings. The normalized spacial score (nSPS) is 16.1. The van der Waals surface area contributed by atoms with Crippen LogP contribution in [0.25, 0.3) is 6.08 Å². The lowest BCUT2D eigenvalue weighted by molar-refractivity contribution is 0.194. The van der Waals surface area contributed by atoms with Crippen molar-refractivity contribution >= 4 is 46.0 Å². The van der Waals surface area contributed by atoms with Gasteiger partial charge in [-0.2, -0.15) is 0 Å². The maximum absolute atomic E-state index is 11.8. The van der Waals surface area contributed by atoms with Gasteiger partial charge in [0.2, 0.25) is 10.0 Å². The molecule has 0 atom stereocenters. The summed E-state index contributed by atoms with van der Waals surface area (Å²) in [6, 6.07) is 10.4. The summed E-state index contributed by atoms with van der Waals surface area (Å²) in [6.45, 7) is 7.70. The van der Waals surface area contributed by atoms with E-state index in [1.807, 2.05) is 6.07 Å². The van der Waals surface area contributed by atoms with Gasteiger partial charge >= 0.3 is 0 Å². The number of nitrogens with one attached hydrogen (secondary N) is 1. The van der Waals surface area contributed by atoms with E-state index in [0.717, 1.165) is 45.1 Å². The molecule has 0 bridgehead atoms. The number of hydrogen-bond donors (Lipinski definition) is 1. The van der Waals surface area contributed by atoms with Crippen LogP contribution >= 0.6 is 24.0 Å². The van der Waals surface area contributed by atoms with E-state index in [0.29, 0.717) is 13.1 Å². The Labute approximate surface area is 199 Å². The molecule has 0 unspecified atom stereocenters. The maximum Gasteiger partial charge on any atom is 0.213 e. The molecule has 0 aromatic heterocycles. The molecule has 1 aliphatic rings. The second-order valence-corrected chi connectivity index (χ2v) is 9.51. The number of hydrogen-bond acceptors (Lipinski definition) is 4. The van der Waals surface area contributed by atoms with Gasteiger partial charge in [-0.25, -0.2) is 12.7 Å². The Morgan fingerprint density at radius 1 is 1.20 bits per heavy atom. The van der Waals surface area contributed by atoms with E-state index in [2.05, 4.69) is 56.5 Å². The minimum Gasteiger partial charge on any atom is -0.356 e. The lowest BCUT2D eigenvalue weighted by Gasteiger charge is -2.36. The monoisotopic (exact) mass is 549 g/mol. The lowest BCUT2D eigenvalue weighted by atomic mass is 10.2. The summed E-state index contributed by atoms with van der Waals surface area (Å²) in [4.78, 5) is 9.09. The first-order valence-electron chi connectivity index (χ1n) is 10.3. The lowest BCUT2D eigenvalue weighted by Crippen LogP contribution is -2.52. The fourth-order valence-electron chi connectivity index (χ4n) is 3.24. The van der Waals surface area contributed by atoms with E-state index in [1.165, 1.54) is 9.87 Å². The van der Waals surface area contributed by atoms with Crippen molar-refractivity contribution in [1.29, 1.82) is 0 Å². The van der Waals surface area contributed by atoms with Crippen LogP contribution in [0.3, 0.4) is 0 Å². The molecule has 0 spiro atoms. The smallest absolute Gasteiger partial charge is 0.213 e. The van der Waals surface area contributed by atoms with E-state index in [-0.39, 0.29) is 29.7 Å². The minimum atomic E-state index is -3.10. The van der Waals surface area contributed by atoms with E-state index in [4.69, 9.17) is 0 Å². The van der Waals surface area contributed by atoms with Crippen molar-refractivity contribution in [2.24, 2.45) is 4.99 Å². The standard InChI is InChI=1S/C21H35N5O2S.HI/c1-4-29(27,28)24(3)14-9-13-23-21(22-2)26-18-16-25(17-19-26)15-8-12-20-10-6-5-7-11-20;/h5-8,10-12H,4,9,13-19H2,1-3H3,(H,22,23);1H/b12-8+;. The molecule has 0 saturated carbocycles. The first kappa shape index (κ1) is 26.9. The van der Waals surface area contributed by atoms with Crippen LogP contribution < -0.4 is 5.32 Å². The fourth-order valence-corrected chi connectivity index (χ4v) is 4.09. The van der Waals surface area contributed by atoms with Crippen LogP contribution in [-0.2, 0) is 10.0 Å². The van der Waals surface area contributed by atoms with Crippen molar-refractivity contribution < 1.29 is 8.42 Å². The summed E-state index contributed by atoms with van der Waals surface area (Å²) in [6.07, 6.45) is 5.14. The van der Waals surface area contributed by atoms with Crippen molar-refractivity contribution in [2.45, 2.75) is 13.3 Å². The molecule has 1 heterocycles. The van der Waals surface area contributed by atoms with Gasteiger partial charge in [-0.15, -0.1) is 24.0 Å². The molecule has 0 amide bonds. The van der Waals surface area contributed by atoms with E-state index < -0.39 is 10.0 Å². The van der Waals surface area contributed by atoms with Crippen LogP contribution in [0, 0.1) is 0 Å². The Morgan fingerprint density at radius 3 is 2.47 bits per heavy atom. The number of sulfonamides is 1. The third kappa shape index (κ3) is 8.91. The topological polar surface area (TPSA) is 68.2 Å². The predicted octanol–water partition coefficient (Wildman–Crippen LogP) is 2.18. The Balaban J connectivity index is 0.00000450. The summed E-state index contributed by atoms with van der Waals surface area (Å²) >= 11 is 0. The zero-order valence-electron chi connectivity index (χ0n) is 18.3. The Morgan fingerprint density at radius 2 is 1.87 bits per heavy atom. The average molecular weight is 550 g/mol. The summed E-state index contributed by atoms with van der Waals surface area (Å²) in [5.41, 5.74) is 1.23. The summed E-state index contributed by atoms with van der Waals surface area (Å²) < 4.78 is 25.0. The molecule has 0 aliphatic carbocycles. The molecule has 1 aromatic carbocycles. The molecule has 0 radical (unpaired) electrons. The number of rotatable bonds is 9. The SMILES string of the molecule is CCS(=O)(=O)N(C)CCCNC(=NC)N1CCN(C/C=C/c2ccccc2)CC1.I. The van der Waals surface area contributed by atoms with Gasteiger partial charge in [0.15, 0.2) is 5.96 Å². The first-order chi connectivity index (χ1) is 14.0. The van der Waals surface area contributed by atoms with Gasteiger partial charge in [-0.05, 0) is 18.9 Å². The third-order valence-corrected chi connectivity index (χ3v) is 6.99. The molecule has 1 N–H and O–H groups in total. The zero-order valence-corrected chi connectivity index (χ0v) is 21.5. The second kappa shape index (κ2) is 14.0. The molecular weight excluding hydrogens is 513 g/mol. The average Bonchev–Trinajstić information content (AvgIpc) is 2.75. The number of guanidine groups is 1. The predicted molar refractivity (Wildman–Crippen MR) is 137 cm³/mol. The van der Waals surface area contributed by atoms with E-state index in [9.17, 15) is 8.42 Å². The van der Waals surface area contributed by atoms with Crippen LogP contribution in [0.4, 0.5) is 0 Å². The van der Waals surface area contributed by atoms with Gasteiger partial charge in [-0.3, -0.25) is 9.89 Å². The van der Waals surface area contributed by atoms with Crippen LogP contribution in [0.1, 0.15) is 18.9 Å².